The van der Waals surface area contributed by atoms with E-state index in [9.17, 15) is 4.79 Å². The average molecular weight is 333 g/mol. The van der Waals surface area contributed by atoms with Crippen molar-refractivity contribution in [3.63, 3.8) is 0 Å². The maximum atomic E-state index is 12.1. The molecule has 2 N–H and O–H groups in total. The fourth-order valence-corrected chi connectivity index (χ4v) is 2.46. The van der Waals surface area contributed by atoms with Crippen LogP contribution in [0.4, 0.5) is 17.2 Å². The van der Waals surface area contributed by atoms with Crippen LogP contribution < -0.4 is 20.1 Å². The van der Waals surface area contributed by atoms with Crippen molar-refractivity contribution in [2.24, 2.45) is 0 Å². The Hall–Kier alpha value is -3.54. The molecule has 124 valence electrons. The smallest absolute Gasteiger partial charge is 0.255 e. The molecule has 2 aromatic carbocycles. The summed E-state index contributed by atoms with van der Waals surface area (Å²) < 4.78 is 10.6. The third-order valence-electron chi connectivity index (χ3n) is 3.70. The van der Waals surface area contributed by atoms with E-state index in [4.69, 9.17) is 9.47 Å². The van der Waals surface area contributed by atoms with E-state index >= 15 is 0 Å². The van der Waals surface area contributed by atoms with E-state index in [-0.39, 0.29) is 12.7 Å². The Kier molecular flexibility index (Phi) is 3.92. The summed E-state index contributed by atoms with van der Waals surface area (Å²) in [4.78, 5) is 16.4. The second-order valence-corrected chi connectivity index (χ2v) is 5.45. The molecule has 1 aliphatic rings. The predicted octanol–water partition coefficient (Wildman–Crippen LogP) is 3.81. The molecular weight excluding hydrogens is 318 g/mol. The summed E-state index contributed by atoms with van der Waals surface area (Å²) in [6.07, 6.45) is 1.61. The molecule has 1 aliphatic heterocycles. The minimum absolute atomic E-state index is 0.168. The Morgan fingerprint density at radius 2 is 1.72 bits per heavy atom. The van der Waals surface area contributed by atoms with E-state index in [0.717, 1.165) is 11.4 Å². The third-order valence-corrected chi connectivity index (χ3v) is 3.70. The van der Waals surface area contributed by atoms with Crippen LogP contribution in [-0.4, -0.2) is 17.7 Å². The molecule has 0 saturated carbocycles. The van der Waals surface area contributed by atoms with Gasteiger partial charge in [0.25, 0.3) is 5.91 Å². The van der Waals surface area contributed by atoms with Crippen molar-refractivity contribution in [2.45, 2.75) is 0 Å². The van der Waals surface area contributed by atoms with Crippen molar-refractivity contribution in [3.05, 3.63) is 72.4 Å². The first kappa shape index (κ1) is 15.0. The second-order valence-electron chi connectivity index (χ2n) is 5.45. The van der Waals surface area contributed by atoms with E-state index in [1.54, 1.807) is 30.5 Å². The highest BCUT2D eigenvalue weighted by Crippen LogP contribution is 2.34. The maximum absolute atomic E-state index is 12.1. The minimum atomic E-state index is -0.168. The summed E-state index contributed by atoms with van der Waals surface area (Å²) in [5.74, 6) is 1.93. The molecule has 6 heteroatoms. The van der Waals surface area contributed by atoms with Crippen molar-refractivity contribution in [1.82, 2.24) is 4.98 Å². The van der Waals surface area contributed by atoms with Crippen LogP contribution in [0.25, 0.3) is 0 Å². The number of fused-ring (bicyclic) bond motifs is 1. The largest absolute Gasteiger partial charge is 0.454 e. The quantitative estimate of drug-likeness (QED) is 0.760. The SMILES string of the molecule is O=C(Nc1ccc(Nc2ccc3c(c2)OCO3)nc1)c1ccccc1. The molecule has 25 heavy (non-hydrogen) atoms. The molecule has 2 heterocycles. The molecule has 6 nitrogen and oxygen atoms in total. The molecule has 0 saturated heterocycles. The van der Waals surface area contributed by atoms with Crippen LogP contribution in [0.1, 0.15) is 10.4 Å². The van der Waals surface area contributed by atoms with Gasteiger partial charge in [0.15, 0.2) is 11.5 Å². The topological polar surface area (TPSA) is 72.5 Å². The van der Waals surface area contributed by atoms with Crippen LogP contribution in [0.2, 0.25) is 0 Å². The molecule has 0 aliphatic carbocycles. The lowest BCUT2D eigenvalue weighted by Gasteiger charge is -2.08. The number of nitrogens with zero attached hydrogens (tertiary/aromatic N) is 1. The number of nitrogens with one attached hydrogen (secondary N) is 2. The van der Waals surface area contributed by atoms with Crippen molar-refractivity contribution in [1.29, 1.82) is 0 Å². The number of hydrogen-bond donors (Lipinski definition) is 2. The monoisotopic (exact) mass is 333 g/mol. The molecule has 0 spiro atoms. The lowest BCUT2D eigenvalue weighted by atomic mass is 10.2. The van der Waals surface area contributed by atoms with E-state index in [0.29, 0.717) is 22.8 Å². The Balaban J connectivity index is 1.42. The Morgan fingerprint density at radius 3 is 2.52 bits per heavy atom. The van der Waals surface area contributed by atoms with Crippen molar-refractivity contribution < 1.29 is 14.3 Å². The summed E-state index contributed by atoms with van der Waals surface area (Å²) in [6.45, 7) is 0.243. The zero-order valence-corrected chi connectivity index (χ0v) is 13.2. The molecule has 3 aromatic rings. The van der Waals surface area contributed by atoms with E-state index in [1.165, 1.54) is 0 Å². The number of aromatic nitrogens is 1. The molecule has 1 aromatic heterocycles. The van der Waals surface area contributed by atoms with Gasteiger partial charge in [0, 0.05) is 17.3 Å². The fourth-order valence-electron chi connectivity index (χ4n) is 2.46. The predicted molar refractivity (Wildman–Crippen MR) is 94.5 cm³/mol. The van der Waals surface area contributed by atoms with Gasteiger partial charge < -0.3 is 20.1 Å². The summed E-state index contributed by atoms with van der Waals surface area (Å²) >= 11 is 0. The first-order valence-electron chi connectivity index (χ1n) is 7.77. The number of carbonyl (C=O) groups excluding carboxylic acids is 1. The molecular formula is C19H15N3O3. The van der Waals surface area contributed by atoms with Crippen molar-refractivity contribution >= 4 is 23.1 Å². The van der Waals surface area contributed by atoms with Crippen LogP contribution in [0.15, 0.2) is 66.9 Å². The summed E-state index contributed by atoms with van der Waals surface area (Å²) in [5.41, 5.74) is 2.08. The number of benzene rings is 2. The number of amides is 1. The van der Waals surface area contributed by atoms with E-state index in [2.05, 4.69) is 15.6 Å². The number of hydrogen-bond acceptors (Lipinski definition) is 5. The fraction of sp³-hybridized carbons (Fsp3) is 0.0526. The van der Waals surface area contributed by atoms with Gasteiger partial charge in [0.05, 0.1) is 11.9 Å². The standard InChI is InChI=1S/C19H15N3O3/c23-19(13-4-2-1-3-5-13)22-15-7-9-18(20-11-15)21-14-6-8-16-17(10-14)25-12-24-16/h1-11H,12H2,(H,20,21)(H,22,23). The van der Waals surface area contributed by atoms with Gasteiger partial charge >= 0.3 is 0 Å². The minimum Gasteiger partial charge on any atom is -0.454 e. The van der Waals surface area contributed by atoms with Gasteiger partial charge in [0.2, 0.25) is 6.79 Å². The third kappa shape index (κ3) is 3.37. The molecule has 4 rings (SSSR count). The van der Waals surface area contributed by atoms with Crippen LogP contribution in [0, 0.1) is 0 Å². The molecule has 0 fully saturated rings. The average Bonchev–Trinajstić information content (AvgIpc) is 3.12. The van der Waals surface area contributed by atoms with Crippen molar-refractivity contribution in [2.75, 3.05) is 17.4 Å². The lowest BCUT2D eigenvalue weighted by molar-refractivity contribution is 0.102. The van der Waals surface area contributed by atoms with Gasteiger partial charge in [0.1, 0.15) is 5.82 Å². The number of rotatable bonds is 4. The zero-order valence-electron chi connectivity index (χ0n) is 13.2. The summed E-state index contributed by atoms with van der Waals surface area (Å²) in [7, 11) is 0. The Labute approximate surface area is 144 Å². The van der Waals surface area contributed by atoms with Gasteiger partial charge in [-0.3, -0.25) is 4.79 Å². The number of pyridine rings is 1. The molecule has 0 radical (unpaired) electrons. The van der Waals surface area contributed by atoms with Gasteiger partial charge in [-0.1, -0.05) is 18.2 Å². The number of anilines is 3. The molecule has 0 unspecified atom stereocenters. The molecule has 0 atom stereocenters. The normalized spacial score (nSPS) is 11.8. The maximum Gasteiger partial charge on any atom is 0.255 e. The van der Waals surface area contributed by atoms with Crippen molar-refractivity contribution in [3.8, 4) is 11.5 Å². The Bertz CT molecular complexity index is 896. The van der Waals surface area contributed by atoms with Gasteiger partial charge in [-0.2, -0.15) is 0 Å². The zero-order chi connectivity index (χ0) is 17.1. The van der Waals surface area contributed by atoms with Gasteiger partial charge in [-0.25, -0.2) is 4.98 Å². The van der Waals surface area contributed by atoms with Gasteiger partial charge in [-0.15, -0.1) is 0 Å². The highest BCUT2D eigenvalue weighted by atomic mass is 16.7. The van der Waals surface area contributed by atoms with E-state index < -0.39 is 0 Å². The number of ether oxygens (including phenoxy) is 2. The summed E-state index contributed by atoms with van der Waals surface area (Å²) in [5, 5.41) is 6.00. The van der Waals surface area contributed by atoms with Crippen LogP contribution in [-0.2, 0) is 0 Å². The second kappa shape index (κ2) is 6.52. The highest BCUT2D eigenvalue weighted by molar-refractivity contribution is 6.04. The van der Waals surface area contributed by atoms with Gasteiger partial charge in [-0.05, 0) is 36.4 Å². The first-order chi connectivity index (χ1) is 12.3. The Morgan fingerprint density at radius 1 is 0.920 bits per heavy atom. The first-order valence-corrected chi connectivity index (χ1v) is 7.77. The molecule has 0 bridgehead atoms. The lowest BCUT2D eigenvalue weighted by Crippen LogP contribution is -2.11. The van der Waals surface area contributed by atoms with Crippen LogP contribution >= 0.6 is 0 Å². The van der Waals surface area contributed by atoms with Crippen LogP contribution in [0.5, 0.6) is 11.5 Å². The molecule has 1 amide bonds. The van der Waals surface area contributed by atoms with Crippen LogP contribution in [0.3, 0.4) is 0 Å². The number of carbonyl (C=O) groups is 1. The van der Waals surface area contributed by atoms with E-state index in [1.807, 2.05) is 36.4 Å². The summed E-state index contributed by atoms with van der Waals surface area (Å²) in [6, 6.07) is 18.2. The highest BCUT2D eigenvalue weighted by Gasteiger charge is 2.13.